The van der Waals surface area contributed by atoms with Crippen LogP contribution in [-0.4, -0.2) is 18.0 Å². The van der Waals surface area contributed by atoms with E-state index in [2.05, 4.69) is 114 Å². The van der Waals surface area contributed by atoms with Crippen molar-refractivity contribution in [2.75, 3.05) is 0 Å². The number of benzene rings is 4. The molecule has 1 radical (unpaired) electrons. The molecule has 53 heavy (non-hydrogen) atoms. The molecule has 7 rings (SSSR count). The third-order valence-corrected chi connectivity index (χ3v) is 13.7. The van der Waals surface area contributed by atoms with Gasteiger partial charge in [0.2, 0.25) is 0 Å². The molecule has 0 N–H and O–H groups in total. The van der Waals surface area contributed by atoms with E-state index in [0.717, 1.165) is 39.2 Å². The Morgan fingerprint density at radius 1 is 0.774 bits per heavy atom. The minimum Gasteiger partial charge on any atom is -0.305 e. The third-order valence-electron chi connectivity index (χ3n) is 10.5. The van der Waals surface area contributed by atoms with Crippen LogP contribution >= 0.6 is 11.3 Å². The van der Waals surface area contributed by atoms with E-state index in [1.54, 1.807) is 23.5 Å². The van der Waals surface area contributed by atoms with Gasteiger partial charge in [0, 0.05) is 42.7 Å². The van der Waals surface area contributed by atoms with Crippen molar-refractivity contribution < 1.29 is 25.6 Å². The third kappa shape index (κ3) is 8.65. The first kappa shape index (κ1) is 35.0. The maximum Gasteiger partial charge on any atom is 0.0799 e. The summed E-state index contributed by atoms with van der Waals surface area (Å²) in [6, 6.07) is 38.7. The molecule has 5 heteroatoms. The van der Waals surface area contributed by atoms with Gasteiger partial charge in [0.15, 0.2) is 0 Å². The van der Waals surface area contributed by atoms with Gasteiger partial charge in [-0.25, -0.2) is 0 Å². The Hall–Kier alpha value is -3.73. The van der Waals surface area contributed by atoms with E-state index in [-0.39, 0.29) is 30.9 Å². The van der Waals surface area contributed by atoms with Crippen molar-refractivity contribution in [1.29, 1.82) is 0 Å². The second kappa shape index (κ2) is 15.9. The van der Waals surface area contributed by atoms with E-state index in [0.29, 0.717) is 5.56 Å². The van der Waals surface area contributed by atoms with Crippen LogP contribution in [0.1, 0.15) is 76.5 Å². The molecular formula is C48H52IrN2SSi-2. The van der Waals surface area contributed by atoms with Gasteiger partial charge in [-0.1, -0.05) is 127 Å². The van der Waals surface area contributed by atoms with Gasteiger partial charge in [0.1, 0.15) is 0 Å². The van der Waals surface area contributed by atoms with Crippen LogP contribution in [0.3, 0.4) is 0 Å². The van der Waals surface area contributed by atoms with E-state index >= 15 is 0 Å². The maximum atomic E-state index is 8.44. The molecule has 0 atom stereocenters. The van der Waals surface area contributed by atoms with Crippen molar-refractivity contribution in [3.63, 3.8) is 0 Å². The molecule has 0 aliphatic carbocycles. The molecule has 0 aliphatic heterocycles. The van der Waals surface area contributed by atoms with Crippen LogP contribution in [0.15, 0.2) is 109 Å². The molecular weight excluding hydrogens is 857 g/mol. The zero-order valence-electron chi connectivity index (χ0n) is 36.5. The SMILES string of the molecule is [2H]C(C)(C)c1cc(-c2[c-]cccc2)ncc1[Si](C)(C)C.[2H]C([2H])([2H])c1ccc(-c2ccc3sc4c(-c5cc(C(C)(C)C(C)(C)C)ccn5)[c-]ccc4c3c2)cc1.[Ir]. The number of hydrogen-bond acceptors (Lipinski definition) is 3. The van der Waals surface area contributed by atoms with Crippen LogP contribution in [0.4, 0.5) is 0 Å². The van der Waals surface area contributed by atoms with Crippen molar-refractivity contribution in [3.05, 3.63) is 138 Å². The van der Waals surface area contributed by atoms with Gasteiger partial charge in [0.25, 0.3) is 0 Å². The quantitative estimate of drug-likeness (QED) is 0.123. The number of rotatable bonds is 6. The predicted octanol–water partition coefficient (Wildman–Crippen LogP) is 13.4. The van der Waals surface area contributed by atoms with E-state index in [1.165, 1.54) is 30.9 Å². The van der Waals surface area contributed by atoms with Crippen molar-refractivity contribution >= 4 is 44.8 Å². The minimum absolute atomic E-state index is 0. The molecule has 0 fully saturated rings. The largest absolute Gasteiger partial charge is 0.305 e. The molecule has 275 valence electrons. The molecule has 0 spiro atoms. The number of fused-ring (bicyclic) bond motifs is 3. The summed E-state index contributed by atoms with van der Waals surface area (Å²) in [6.07, 6.45) is 3.90. The normalized spacial score (nSPS) is 13.6. The number of thiophene rings is 1. The number of hydrogen-bond donors (Lipinski definition) is 0. The van der Waals surface area contributed by atoms with Gasteiger partial charge < -0.3 is 9.97 Å². The summed E-state index contributed by atoms with van der Waals surface area (Å²) in [7, 11) is -1.50. The van der Waals surface area contributed by atoms with Gasteiger partial charge >= 0.3 is 0 Å². The molecule has 4 aromatic carbocycles. The number of aryl methyl sites for hydroxylation is 1. The molecule has 0 saturated heterocycles. The number of nitrogens with zero attached hydrogens (tertiary/aromatic N) is 2. The fourth-order valence-corrected chi connectivity index (χ4v) is 9.10. The van der Waals surface area contributed by atoms with E-state index in [1.807, 2.05) is 68.7 Å². The fourth-order valence-electron chi connectivity index (χ4n) is 6.33. The Bertz CT molecular complexity index is 2490. The van der Waals surface area contributed by atoms with Gasteiger partial charge in [-0.3, -0.25) is 0 Å². The first-order valence-electron chi connectivity index (χ1n) is 20.0. The smallest absolute Gasteiger partial charge is 0.0799 e. The molecule has 2 nitrogen and oxygen atoms in total. The fraction of sp³-hybridized carbons (Fsp3) is 0.292. The molecule has 0 amide bonds. The van der Waals surface area contributed by atoms with E-state index in [4.69, 9.17) is 10.5 Å². The molecule has 3 aromatic heterocycles. The van der Waals surface area contributed by atoms with Gasteiger partial charge in [-0.15, -0.1) is 59.7 Å². The van der Waals surface area contributed by atoms with Gasteiger partial charge in [-0.05, 0) is 85.1 Å². The summed E-state index contributed by atoms with van der Waals surface area (Å²) in [5.41, 5.74) is 8.77. The van der Waals surface area contributed by atoms with Gasteiger partial charge in [0.05, 0.1) is 8.07 Å². The Balaban J connectivity index is 0.000000251. The number of aromatic nitrogens is 2. The van der Waals surface area contributed by atoms with Crippen molar-refractivity contribution in [3.8, 4) is 33.6 Å². The van der Waals surface area contributed by atoms with Crippen LogP contribution in [0.5, 0.6) is 0 Å². The summed E-state index contributed by atoms with van der Waals surface area (Å²) >= 11 is 1.77. The van der Waals surface area contributed by atoms with Crippen molar-refractivity contribution in [1.82, 2.24) is 9.97 Å². The van der Waals surface area contributed by atoms with E-state index < -0.39 is 20.8 Å². The molecule has 7 aromatic rings. The average Bonchev–Trinajstić information content (AvgIpc) is 3.52. The Kier molecular flexibility index (Phi) is 10.5. The van der Waals surface area contributed by atoms with Crippen LogP contribution in [0, 0.1) is 24.4 Å². The maximum absolute atomic E-state index is 8.44. The summed E-state index contributed by atoms with van der Waals surface area (Å²) < 4.78 is 33.7. The van der Waals surface area contributed by atoms with Crippen molar-refractivity contribution in [2.24, 2.45) is 5.41 Å². The average molecular weight is 913 g/mol. The zero-order chi connectivity index (χ0) is 40.8. The molecule has 0 bridgehead atoms. The molecule has 0 saturated carbocycles. The Labute approximate surface area is 342 Å². The second-order valence-electron chi connectivity index (χ2n) is 16.4. The molecule has 0 aliphatic rings. The van der Waals surface area contributed by atoms with E-state index in [9.17, 15) is 0 Å². The minimum atomic E-state index is -2.09. The standard InChI is InChI=1S/C31H30NS.C17H22NSi.Ir/c1-20-10-12-21(13-11-20)22-14-15-28-26(18-22)24-8-7-9-25(29(24)33-28)27-19-23(16-17-32-27)31(5,6)30(2,3)4;1-13(2)15-11-16(14-9-7-6-8-10-14)18-12-17(15)19(3,4)5;/h7-8,10-19H,1-6H3;6-9,11-13H,1-5H3;/q2*-1;/i1D3;13D;. The second-order valence-corrected chi connectivity index (χ2v) is 22.5. The first-order valence-corrected chi connectivity index (χ1v) is 22.3. The van der Waals surface area contributed by atoms with Crippen LogP contribution in [0.25, 0.3) is 53.8 Å². The molecule has 3 heterocycles. The predicted molar refractivity (Wildman–Crippen MR) is 230 cm³/mol. The summed E-state index contributed by atoms with van der Waals surface area (Å²) in [5.74, 6) is -0.609. The monoisotopic (exact) mass is 913 g/mol. The first-order chi connectivity index (χ1) is 26.1. The van der Waals surface area contributed by atoms with Crippen LogP contribution in [-0.2, 0) is 25.5 Å². The summed E-state index contributed by atoms with van der Waals surface area (Å²) in [6.45, 7) is 20.1. The van der Waals surface area contributed by atoms with Crippen LogP contribution in [0.2, 0.25) is 19.6 Å². The van der Waals surface area contributed by atoms with Gasteiger partial charge in [-0.2, -0.15) is 11.3 Å². The summed E-state index contributed by atoms with van der Waals surface area (Å²) in [5, 5.41) is 3.65. The number of pyridine rings is 2. The summed E-state index contributed by atoms with van der Waals surface area (Å²) in [4.78, 5) is 9.36. The van der Waals surface area contributed by atoms with Crippen LogP contribution < -0.4 is 5.19 Å². The van der Waals surface area contributed by atoms with Crippen molar-refractivity contribution in [2.45, 2.75) is 86.3 Å². The molecule has 0 unspecified atom stereocenters. The zero-order valence-corrected chi connectivity index (χ0v) is 36.7. The Morgan fingerprint density at radius 2 is 1.51 bits per heavy atom. The topological polar surface area (TPSA) is 25.8 Å². The Morgan fingerprint density at radius 3 is 2.15 bits per heavy atom.